The molecule has 0 unspecified atom stereocenters. The molecule has 1 aromatic rings. The fourth-order valence-corrected chi connectivity index (χ4v) is 0.837. The van der Waals surface area contributed by atoms with E-state index in [0.717, 1.165) is 6.07 Å². The number of hydrogen-bond acceptors (Lipinski definition) is 4. The second kappa shape index (κ2) is 3.32. The molecule has 4 N–H and O–H groups in total. The Morgan fingerprint density at radius 1 is 1.38 bits per heavy atom. The van der Waals surface area contributed by atoms with E-state index < -0.39 is 12.1 Å². The SMILES string of the molecule is [2H]Oc1ccc([C@H](O)C(=O)O)cc1O[2H]. The molecule has 0 aliphatic heterocycles. The van der Waals surface area contributed by atoms with Gasteiger partial charge in [0.25, 0.3) is 2.86 Å². The molecule has 1 rings (SSSR count). The van der Waals surface area contributed by atoms with E-state index in [4.69, 9.17) is 7.97 Å². The summed E-state index contributed by atoms with van der Waals surface area (Å²) >= 11 is 0. The lowest BCUT2D eigenvalue weighted by molar-refractivity contribution is -0.146. The molecule has 0 heterocycles. The first-order chi connectivity index (χ1) is 7.10. The number of aliphatic hydroxyl groups is 1. The highest BCUT2D eigenvalue weighted by Gasteiger charge is 2.16. The van der Waals surface area contributed by atoms with Crippen molar-refractivity contribution in [2.24, 2.45) is 0 Å². The summed E-state index contributed by atoms with van der Waals surface area (Å²) in [5.74, 6) is -1.58. The van der Waals surface area contributed by atoms with Crippen molar-refractivity contribution < 1.29 is 25.2 Å². The van der Waals surface area contributed by atoms with Crippen LogP contribution in [0.15, 0.2) is 18.2 Å². The molecular formula is C8H8O5. The highest BCUT2D eigenvalue weighted by molar-refractivity contribution is 5.74. The number of benzene rings is 1. The van der Waals surface area contributed by atoms with Crippen LogP contribution in [0.3, 0.4) is 0 Å². The van der Waals surface area contributed by atoms with Crippen molar-refractivity contribution in [3.8, 4) is 11.5 Å². The van der Waals surface area contributed by atoms with Crippen molar-refractivity contribution in [1.29, 1.82) is 2.86 Å². The minimum Gasteiger partial charge on any atom is -0.504 e. The van der Waals surface area contributed by atoms with Gasteiger partial charge in [0.1, 0.15) is 0 Å². The van der Waals surface area contributed by atoms with Gasteiger partial charge in [0, 0.05) is 0 Å². The van der Waals surface area contributed by atoms with E-state index in [1.807, 2.05) is 0 Å². The maximum atomic E-state index is 10.4. The van der Waals surface area contributed by atoms with Crippen molar-refractivity contribution in [1.82, 2.24) is 0 Å². The van der Waals surface area contributed by atoms with Crippen molar-refractivity contribution in [2.45, 2.75) is 6.10 Å². The van der Waals surface area contributed by atoms with Crippen LogP contribution in [-0.2, 0) is 4.79 Å². The molecule has 0 bridgehead atoms. The first kappa shape index (κ1) is 6.73. The number of phenolic OH excluding ortho intramolecular Hbond substituents is 2. The number of aliphatic carboxylic acids is 1. The largest absolute Gasteiger partial charge is 0.504 e. The number of aromatic hydroxyl groups is 2. The lowest BCUT2D eigenvalue weighted by atomic mass is 10.1. The van der Waals surface area contributed by atoms with E-state index in [1.54, 1.807) is 0 Å². The van der Waals surface area contributed by atoms with Gasteiger partial charge in [-0.3, -0.25) is 0 Å². The fraction of sp³-hybridized carbons (Fsp3) is 0.125. The normalized spacial score (nSPS) is 13.9. The van der Waals surface area contributed by atoms with Crippen molar-refractivity contribution in [3.05, 3.63) is 23.8 Å². The number of phenols is 2. The standard InChI is InChI=1S/C8H8O5/c9-5-2-1-4(3-6(5)10)7(11)8(12)13/h1-3,7,9-11H,(H,12,13)/t7-/m0/s1/i/hD2. The van der Waals surface area contributed by atoms with Crippen LogP contribution in [0.5, 0.6) is 11.5 Å². The molecule has 0 aliphatic rings. The molecule has 1 aromatic carbocycles. The van der Waals surface area contributed by atoms with Gasteiger partial charge in [-0.25, -0.2) is 4.79 Å². The molecule has 0 saturated heterocycles. The van der Waals surface area contributed by atoms with Crippen LogP contribution in [0, 0.1) is 0 Å². The van der Waals surface area contributed by atoms with Crippen LogP contribution in [0.25, 0.3) is 0 Å². The highest BCUT2D eigenvalue weighted by Crippen LogP contribution is 2.27. The maximum absolute atomic E-state index is 10.4. The second-order valence-corrected chi connectivity index (χ2v) is 2.45. The van der Waals surface area contributed by atoms with Crippen molar-refractivity contribution in [2.75, 3.05) is 0 Å². The first-order valence-electron chi connectivity index (χ1n) is 4.23. The van der Waals surface area contributed by atoms with Crippen LogP contribution < -0.4 is 0 Å². The van der Waals surface area contributed by atoms with Gasteiger partial charge in [-0.1, -0.05) is 6.07 Å². The topological polar surface area (TPSA) is 98.0 Å². The third-order valence-electron chi connectivity index (χ3n) is 1.52. The Bertz CT molecular complexity index is 368. The number of aliphatic hydroxyl groups excluding tert-OH is 1. The molecule has 1 atom stereocenters. The summed E-state index contributed by atoms with van der Waals surface area (Å²) in [5, 5.41) is 25.9. The van der Waals surface area contributed by atoms with Crippen LogP contribution >= 0.6 is 0 Å². The third kappa shape index (κ3) is 1.88. The summed E-state index contributed by atoms with van der Waals surface area (Å²) in [6.45, 7) is 0. The number of rotatable bonds is 4. The van der Waals surface area contributed by atoms with Gasteiger partial charge >= 0.3 is 5.97 Å². The lowest BCUT2D eigenvalue weighted by Gasteiger charge is -2.06. The summed E-state index contributed by atoms with van der Waals surface area (Å²) in [7, 11) is 0. The Morgan fingerprint density at radius 2 is 2.08 bits per heavy atom. The Hall–Kier alpha value is -1.75. The zero-order chi connectivity index (χ0) is 11.4. The zero-order valence-electron chi connectivity index (χ0n) is 8.43. The van der Waals surface area contributed by atoms with Crippen LogP contribution in [0.4, 0.5) is 0 Å². The molecule has 5 heteroatoms. The highest BCUT2D eigenvalue weighted by atomic mass is 16.4. The molecule has 0 amide bonds. The van der Waals surface area contributed by atoms with Crippen LogP contribution in [0.1, 0.15) is 11.7 Å². The summed E-state index contributed by atoms with van der Waals surface area (Å²) in [6, 6.07) is 3.62. The summed E-state index contributed by atoms with van der Waals surface area (Å²) in [5.41, 5.74) is 0.0468. The van der Waals surface area contributed by atoms with Gasteiger partial charge in [-0.15, -0.1) is 0 Å². The van der Waals surface area contributed by atoms with Gasteiger partial charge in [-0.05, 0) is 17.7 Å². The summed E-state index contributed by atoms with van der Waals surface area (Å²) in [6.07, 6.45) is -1.70. The van der Waals surface area contributed by atoms with Crippen molar-refractivity contribution in [3.63, 3.8) is 0 Å². The van der Waals surface area contributed by atoms with E-state index in [2.05, 4.69) is 10.2 Å². The lowest BCUT2D eigenvalue weighted by Crippen LogP contribution is -2.09. The fourth-order valence-electron chi connectivity index (χ4n) is 0.837. The summed E-state index contributed by atoms with van der Waals surface area (Å²) < 4.78 is 13.2. The Labute approximate surface area is 76.5 Å². The second-order valence-electron chi connectivity index (χ2n) is 2.45. The third-order valence-corrected chi connectivity index (χ3v) is 1.52. The predicted molar refractivity (Wildman–Crippen MR) is 42.4 cm³/mol. The molecule has 0 fully saturated rings. The number of carboxylic acids is 1. The predicted octanol–water partition coefficient (Wildman–Crippen LogP) is 0.216. The van der Waals surface area contributed by atoms with E-state index in [-0.39, 0.29) is 17.1 Å². The Kier molecular flexibility index (Phi) is 1.72. The number of carbonyl (C=O) groups is 1. The van der Waals surface area contributed by atoms with Gasteiger partial charge in [0.15, 0.2) is 17.6 Å². The molecule has 13 heavy (non-hydrogen) atoms. The van der Waals surface area contributed by atoms with Crippen molar-refractivity contribution >= 4 is 5.97 Å². The maximum Gasteiger partial charge on any atom is 0.337 e. The molecule has 0 aliphatic carbocycles. The zero-order valence-corrected chi connectivity index (χ0v) is 6.43. The number of carboxylic acid groups (broad SMARTS) is 1. The molecule has 0 radical (unpaired) electrons. The molecular weight excluding hydrogens is 176 g/mol. The van der Waals surface area contributed by atoms with Gasteiger partial charge < -0.3 is 20.4 Å². The Morgan fingerprint density at radius 3 is 2.62 bits per heavy atom. The minimum atomic E-state index is -1.70. The van der Waals surface area contributed by atoms with Crippen LogP contribution in [-0.4, -0.2) is 29.3 Å². The molecule has 70 valence electrons. The molecule has 0 saturated carbocycles. The average molecular weight is 186 g/mol. The molecule has 0 aromatic heterocycles. The van der Waals surface area contributed by atoms with E-state index in [9.17, 15) is 9.90 Å². The van der Waals surface area contributed by atoms with E-state index >= 15 is 0 Å². The van der Waals surface area contributed by atoms with E-state index in [0.29, 0.717) is 0 Å². The first-order valence-corrected chi connectivity index (χ1v) is 3.41. The summed E-state index contributed by atoms with van der Waals surface area (Å²) in [4.78, 5) is 10.4. The monoisotopic (exact) mass is 186 g/mol. The molecule has 5 nitrogen and oxygen atoms in total. The smallest absolute Gasteiger partial charge is 0.337 e. The quantitative estimate of drug-likeness (QED) is 0.504. The number of hydrogen-bond donors (Lipinski definition) is 4. The van der Waals surface area contributed by atoms with Gasteiger partial charge in [-0.2, -0.15) is 0 Å². The van der Waals surface area contributed by atoms with E-state index in [1.165, 1.54) is 12.1 Å². The van der Waals surface area contributed by atoms with Crippen LogP contribution in [0.2, 0.25) is 0 Å². The molecule has 0 spiro atoms. The average Bonchev–Trinajstić information content (AvgIpc) is 2.26. The van der Waals surface area contributed by atoms with Gasteiger partial charge in [0.05, 0.1) is 0 Å². The minimum absolute atomic E-state index is 0.0358. The Balaban J connectivity index is 3.07. The van der Waals surface area contributed by atoms with Gasteiger partial charge in [0.2, 0.25) is 0 Å².